The number of ether oxygens (including phenoxy) is 1. The lowest BCUT2D eigenvalue weighted by Gasteiger charge is -2.45. The molecule has 1 unspecified atom stereocenters. The molecule has 4 rings (SSSR count). The topological polar surface area (TPSA) is 61.8 Å². The average Bonchev–Trinajstić information content (AvgIpc) is 3.12. The summed E-state index contributed by atoms with van der Waals surface area (Å²) in [6.45, 7) is 7.76. The zero-order chi connectivity index (χ0) is 25.2. The van der Waals surface area contributed by atoms with E-state index < -0.39 is 5.97 Å². The molecule has 3 aromatic rings. The summed E-state index contributed by atoms with van der Waals surface area (Å²) in [7, 11) is 1.29. The van der Waals surface area contributed by atoms with E-state index in [9.17, 15) is 9.90 Å². The number of carbonyl (C=O) groups is 1. The minimum atomic E-state index is -0.593. The molecule has 1 aliphatic heterocycles. The number of nitrogens with one attached hydrogen (secondary N) is 1. The highest BCUT2D eigenvalue weighted by atomic mass is 35.5. The van der Waals surface area contributed by atoms with Crippen molar-refractivity contribution in [2.75, 3.05) is 19.0 Å². The third-order valence-electron chi connectivity index (χ3n) is 6.26. The first kappa shape index (κ1) is 25.9. The minimum Gasteiger partial charge on any atom is -0.505 e. The summed E-state index contributed by atoms with van der Waals surface area (Å²) in [5.41, 5.74) is 4.55. The maximum Gasteiger partial charge on any atom is 0.351 e. The minimum absolute atomic E-state index is 0.0558. The Morgan fingerprint density at radius 1 is 1.29 bits per heavy atom. The molecule has 5 nitrogen and oxygen atoms in total. The molecular formula is C27H31ClN2O3S2. The predicted molar refractivity (Wildman–Crippen MR) is 148 cm³/mol. The first-order valence-corrected chi connectivity index (χ1v) is 13.7. The van der Waals surface area contributed by atoms with Gasteiger partial charge < -0.3 is 15.2 Å². The van der Waals surface area contributed by atoms with Crippen molar-refractivity contribution in [2.45, 2.75) is 50.9 Å². The summed E-state index contributed by atoms with van der Waals surface area (Å²) >= 11 is 9.41. The third-order valence-corrected chi connectivity index (χ3v) is 9.40. The van der Waals surface area contributed by atoms with Crippen LogP contribution >= 0.6 is 34.9 Å². The van der Waals surface area contributed by atoms with Gasteiger partial charge in [0.05, 0.1) is 12.0 Å². The fourth-order valence-electron chi connectivity index (χ4n) is 4.50. The smallest absolute Gasteiger partial charge is 0.351 e. The first-order chi connectivity index (χ1) is 16.7. The Bertz CT molecular complexity index is 1210. The summed E-state index contributed by atoms with van der Waals surface area (Å²) in [6, 6.07) is 17.0. The van der Waals surface area contributed by atoms with Crippen molar-refractivity contribution in [3.63, 3.8) is 0 Å². The van der Waals surface area contributed by atoms with Crippen LogP contribution in [0.1, 0.15) is 47.5 Å². The predicted octanol–water partition coefficient (Wildman–Crippen LogP) is 7.37. The number of hydrogen-bond acceptors (Lipinski definition) is 7. The van der Waals surface area contributed by atoms with Crippen molar-refractivity contribution in [3.8, 4) is 16.2 Å². The van der Waals surface area contributed by atoms with Gasteiger partial charge in [-0.15, -0.1) is 11.3 Å². The molecule has 2 N–H and O–H groups in total. The molecule has 1 fully saturated rings. The van der Waals surface area contributed by atoms with Crippen molar-refractivity contribution in [2.24, 2.45) is 0 Å². The van der Waals surface area contributed by atoms with Gasteiger partial charge in [-0.2, -0.15) is 0 Å². The van der Waals surface area contributed by atoms with Crippen molar-refractivity contribution in [1.82, 2.24) is 4.31 Å². The number of methoxy groups -OCH3 is 1. The second-order valence-corrected chi connectivity index (χ2v) is 11.9. The molecule has 0 radical (unpaired) electrons. The summed E-state index contributed by atoms with van der Waals surface area (Å²) in [5, 5.41) is 14.1. The van der Waals surface area contributed by atoms with Crippen LogP contribution in [-0.2, 0) is 10.5 Å². The van der Waals surface area contributed by atoms with Crippen molar-refractivity contribution in [3.05, 3.63) is 69.6 Å². The zero-order valence-corrected chi connectivity index (χ0v) is 22.8. The van der Waals surface area contributed by atoms with Gasteiger partial charge in [0.25, 0.3) is 0 Å². The van der Waals surface area contributed by atoms with Gasteiger partial charge in [-0.05, 0) is 56.9 Å². The number of piperidine rings is 1. The number of aryl methyl sites for hydroxylation is 1. The summed E-state index contributed by atoms with van der Waals surface area (Å²) in [5.74, 6) is 0.158. The van der Waals surface area contributed by atoms with Crippen LogP contribution in [0.4, 0.5) is 5.69 Å². The monoisotopic (exact) mass is 530 g/mol. The molecule has 8 heteroatoms. The molecule has 0 amide bonds. The summed E-state index contributed by atoms with van der Waals surface area (Å²) in [4.78, 5) is 12.7. The second-order valence-electron chi connectivity index (χ2n) is 9.51. The molecule has 1 aromatic heterocycles. The molecule has 1 atom stereocenters. The second kappa shape index (κ2) is 10.8. The highest BCUT2D eigenvalue weighted by Crippen LogP contribution is 2.45. The highest BCUT2D eigenvalue weighted by molar-refractivity contribution is 7.96. The van der Waals surface area contributed by atoms with Gasteiger partial charge >= 0.3 is 5.97 Å². The molecule has 0 saturated carbocycles. The number of aromatic hydroxyl groups is 1. The Kier molecular flexibility index (Phi) is 8.01. The van der Waals surface area contributed by atoms with E-state index in [-0.39, 0.29) is 21.2 Å². The van der Waals surface area contributed by atoms with Crippen molar-refractivity contribution >= 4 is 46.5 Å². The van der Waals surface area contributed by atoms with Crippen LogP contribution in [-0.4, -0.2) is 40.6 Å². The van der Waals surface area contributed by atoms with E-state index in [4.69, 9.17) is 16.3 Å². The van der Waals surface area contributed by atoms with E-state index in [1.165, 1.54) is 18.2 Å². The molecule has 1 saturated heterocycles. The largest absolute Gasteiger partial charge is 0.505 e. The van der Waals surface area contributed by atoms with Gasteiger partial charge in [0, 0.05) is 29.6 Å². The fraction of sp³-hybridized carbons (Fsp3) is 0.370. The maximum atomic E-state index is 11.9. The third kappa shape index (κ3) is 5.97. The highest BCUT2D eigenvalue weighted by Gasteiger charge is 2.35. The lowest BCUT2D eigenvalue weighted by Crippen LogP contribution is -2.49. The lowest BCUT2D eigenvalue weighted by atomic mass is 9.89. The van der Waals surface area contributed by atoms with Gasteiger partial charge in [-0.3, -0.25) is 0 Å². The van der Waals surface area contributed by atoms with Gasteiger partial charge in [0.1, 0.15) is 5.02 Å². The van der Waals surface area contributed by atoms with Crippen LogP contribution in [0.2, 0.25) is 5.02 Å². The molecular weight excluding hydrogens is 500 g/mol. The number of nitrogens with zero attached hydrogens (tertiary/aromatic N) is 1. The average molecular weight is 531 g/mol. The number of carbonyl (C=O) groups excluding carboxylic acids is 1. The fourth-order valence-corrected chi connectivity index (χ4v) is 7.02. The Morgan fingerprint density at radius 3 is 2.77 bits per heavy atom. The molecule has 2 aromatic carbocycles. The molecule has 35 heavy (non-hydrogen) atoms. The molecule has 0 bridgehead atoms. The van der Waals surface area contributed by atoms with Crippen LogP contribution in [0.25, 0.3) is 10.4 Å². The number of rotatable bonds is 7. The van der Waals surface area contributed by atoms with Gasteiger partial charge in [0.15, 0.2) is 10.6 Å². The van der Waals surface area contributed by atoms with Gasteiger partial charge in [-0.25, -0.2) is 9.10 Å². The Labute approximate surface area is 220 Å². The van der Waals surface area contributed by atoms with Crippen LogP contribution in [0.15, 0.2) is 48.5 Å². The Hall–Kier alpha value is -2.19. The SMILES string of the molecule is COC(=O)c1sc(-c2cccc(NC3CCN(SCc4cccc(C)c4)C(C)(C)C3)c2)c(Cl)c1O. The van der Waals surface area contributed by atoms with E-state index in [0.717, 1.165) is 47.7 Å². The van der Waals surface area contributed by atoms with Crippen LogP contribution in [0, 0.1) is 6.92 Å². The summed E-state index contributed by atoms with van der Waals surface area (Å²) in [6.07, 6.45) is 2.06. The van der Waals surface area contributed by atoms with Gasteiger partial charge in [0.2, 0.25) is 0 Å². The normalized spacial score (nSPS) is 17.8. The first-order valence-electron chi connectivity index (χ1n) is 11.6. The molecule has 1 aliphatic rings. The van der Waals surface area contributed by atoms with Gasteiger partial charge in [-0.1, -0.05) is 65.5 Å². The molecule has 186 valence electrons. The Balaban J connectivity index is 1.42. The lowest BCUT2D eigenvalue weighted by molar-refractivity contribution is 0.0603. The summed E-state index contributed by atoms with van der Waals surface area (Å²) < 4.78 is 7.28. The van der Waals surface area contributed by atoms with E-state index >= 15 is 0 Å². The number of benzene rings is 2. The molecule has 0 aliphatic carbocycles. The van der Waals surface area contributed by atoms with Crippen LogP contribution < -0.4 is 5.32 Å². The Morgan fingerprint density at radius 2 is 2.06 bits per heavy atom. The van der Waals surface area contributed by atoms with E-state index in [1.54, 1.807) is 0 Å². The van der Waals surface area contributed by atoms with E-state index in [0.29, 0.717) is 10.9 Å². The van der Waals surface area contributed by atoms with Crippen molar-refractivity contribution in [1.29, 1.82) is 0 Å². The number of anilines is 1. The van der Waals surface area contributed by atoms with Crippen molar-refractivity contribution < 1.29 is 14.6 Å². The van der Waals surface area contributed by atoms with E-state index in [2.05, 4.69) is 54.7 Å². The molecule has 2 heterocycles. The zero-order valence-electron chi connectivity index (χ0n) is 20.4. The van der Waals surface area contributed by atoms with Crippen LogP contribution in [0.3, 0.4) is 0 Å². The number of thiophene rings is 1. The number of halogens is 1. The van der Waals surface area contributed by atoms with Crippen LogP contribution in [0.5, 0.6) is 5.75 Å². The van der Waals surface area contributed by atoms with E-state index in [1.807, 2.05) is 36.2 Å². The number of hydrogen-bond donors (Lipinski definition) is 2. The molecule has 0 spiro atoms. The number of esters is 1. The standard InChI is InChI=1S/C27H31ClN2O3S2/c1-17-7-5-8-18(13-17)16-34-30-12-11-21(15-27(30,2)3)29-20-10-6-9-19(14-20)24-22(28)23(31)25(35-24)26(32)33-4/h5-10,13-14,21,29,31H,11-12,15-16H2,1-4H3. The quantitative estimate of drug-likeness (QED) is 0.245. The maximum absolute atomic E-state index is 11.9.